The number of hydrogen-bond acceptors (Lipinski definition) is 8. The van der Waals surface area contributed by atoms with Gasteiger partial charge in [0.2, 0.25) is 23.6 Å². The zero-order chi connectivity index (χ0) is 32.5. The van der Waals surface area contributed by atoms with Gasteiger partial charge < -0.3 is 19.9 Å². The Balaban J connectivity index is 1.37. The number of phenolic OH excluding ortho intramolecular Hbond substituents is 1. The first kappa shape index (κ1) is 29.9. The van der Waals surface area contributed by atoms with Crippen LogP contribution in [0.15, 0.2) is 84.4 Å². The Morgan fingerprint density at radius 3 is 2.30 bits per heavy atom. The van der Waals surface area contributed by atoms with Gasteiger partial charge in [0, 0.05) is 11.5 Å². The lowest BCUT2D eigenvalue weighted by Gasteiger charge is -2.49. The number of nitrogens with zero attached hydrogens (tertiary/aromatic N) is 2. The first-order valence-electron chi connectivity index (χ1n) is 15.5. The van der Waals surface area contributed by atoms with Gasteiger partial charge in [-0.25, -0.2) is 4.90 Å². The maximum atomic E-state index is 14.5. The Bertz CT molecular complexity index is 1810. The normalized spacial score (nSPS) is 28.5. The van der Waals surface area contributed by atoms with Crippen LogP contribution in [-0.4, -0.2) is 52.5 Å². The number of anilines is 2. The van der Waals surface area contributed by atoms with E-state index < -0.39 is 59.8 Å². The fourth-order valence-electron chi connectivity index (χ4n) is 8.31. The molecule has 10 nitrogen and oxygen atoms in total. The van der Waals surface area contributed by atoms with Gasteiger partial charge in [-0.2, -0.15) is 0 Å². The van der Waals surface area contributed by atoms with Crippen molar-refractivity contribution in [2.24, 2.45) is 29.1 Å². The van der Waals surface area contributed by atoms with Crippen LogP contribution in [0.2, 0.25) is 0 Å². The molecule has 3 fully saturated rings. The van der Waals surface area contributed by atoms with Gasteiger partial charge in [0.05, 0.1) is 41.2 Å². The molecule has 234 valence electrons. The van der Waals surface area contributed by atoms with Crippen molar-refractivity contribution >= 4 is 47.6 Å². The number of hydrogen-bond donors (Lipinski definition) is 3. The van der Waals surface area contributed by atoms with Gasteiger partial charge in [0.15, 0.2) is 11.5 Å². The van der Waals surface area contributed by atoms with E-state index in [1.54, 1.807) is 74.5 Å². The fraction of sp³-hybridized carbons (Fsp3) is 0.314. The number of fused-ring (bicyclic) bond motifs is 4. The summed E-state index contributed by atoms with van der Waals surface area (Å²) in [6.07, 6.45) is 2.31. The van der Waals surface area contributed by atoms with Crippen molar-refractivity contribution in [2.45, 2.75) is 32.6 Å². The molecule has 2 aliphatic heterocycles. The van der Waals surface area contributed by atoms with E-state index >= 15 is 0 Å². The summed E-state index contributed by atoms with van der Waals surface area (Å²) < 4.78 is 5.70. The third-order valence-electron chi connectivity index (χ3n) is 10.4. The minimum atomic E-state index is -1.78. The van der Waals surface area contributed by atoms with Crippen LogP contribution in [0.1, 0.15) is 38.2 Å². The summed E-state index contributed by atoms with van der Waals surface area (Å²) in [6, 6.07) is 19.8. The number of allylic oxidation sites excluding steroid dienone is 2. The average molecular weight is 620 g/mol. The molecule has 3 aromatic rings. The molecule has 4 amide bonds. The van der Waals surface area contributed by atoms with Gasteiger partial charge in [0.1, 0.15) is 0 Å². The lowest BCUT2D eigenvalue weighted by Crippen LogP contribution is -2.49. The van der Waals surface area contributed by atoms with Crippen LogP contribution >= 0.6 is 0 Å². The monoisotopic (exact) mass is 620 g/mol. The lowest BCUT2D eigenvalue weighted by molar-refractivity contribution is -0.131. The van der Waals surface area contributed by atoms with Gasteiger partial charge in [-0.05, 0) is 68.4 Å². The van der Waals surface area contributed by atoms with Crippen molar-refractivity contribution < 1.29 is 39.1 Å². The standard InChI is InChI=1S/C35H33BN2O8/c1-3-46-27-14-8-13-24(30(27)39)29-22-15-16-23-28(33(42)37(31(23)40)21-12-7-9-19(17-21)36(44)45)25(22)18-26-32(41)38(34(43)35(26,29)2)20-10-5-4-6-11-20/h4-15,17,23,25-26,28-29,39,44-45H,3,16,18H2,1-2H3/t23-,25+,26-,28-,29+,35+/m0/s1. The summed E-state index contributed by atoms with van der Waals surface area (Å²) >= 11 is 0. The first-order valence-corrected chi connectivity index (χ1v) is 15.5. The molecule has 0 radical (unpaired) electrons. The highest BCUT2D eigenvalue weighted by Gasteiger charge is 2.68. The number of imide groups is 2. The Morgan fingerprint density at radius 1 is 0.870 bits per heavy atom. The molecule has 1 saturated carbocycles. The van der Waals surface area contributed by atoms with Crippen LogP contribution in [-0.2, 0) is 19.2 Å². The van der Waals surface area contributed by atoms with E-state index in [1.165, 1.54) is 17.0 Å². The number of carbonyl (C=O) groups is 4. The van der Waals surface area contributed by atoms with E-state index in [1.807, 2.05) is 6.08 Å². The highest BCUT2D eigenvalue weighted by Crippen LogP contribution is 2.64. The number of carbonyl (C=O) groups excluding carboxylic acids is 4. The second-order valence-electron chi connectivity index (χ2n) is 12.6. The quantitative estimate of drug-likeness (QED) is 0.217. The Kier molecular flexibility index (Phi) is 7.13. The fourth-order valence-corrected chi connectivity index (χ4v) is 8.31. The molecular formula is C35H33BN2O8. The third-order valence-corrected chi connectivity index (χ3v) is 10.4. The molecule has 2 heterocycles. The predicted molar refractivity (Wildman–Crippen MR) is 169 cm³/mol. The Morgan fingerprint density at radius 2 is 1.59 bits per heavy atom. The molecule has 6 atom stereocenters. The highest BCUT2D eigenvalue weighted by molar-refractivity contribution is 6.58. The number of benzene rings is 3. The van der Waals surface area contributed by atoms with E-state index in [0.717, 1.165) is 10.5 Å². The smallest absolute Gasteiger partial charge is 0.488 e. The molecule has 46 heavy (non-hydrogen) atoms. The number of amides is 4. The lowest BCUT2D eigenvalue weighted by atomic mass is 9.51. The largest absolute Gasteiger partial charge is 0.504 e. The van der Waals surface area contributed by atoms with E-state index in [4.69, 9.17) is 4.74 Å². The Labute approximate surface area is 266 Å². The Hall–Kier alpha value is -4.74. The minimum Gasteiger partial charge on any atom is -0.504 e. The van der Waals surface area contributed by atoms with Crippen LogP contribution in [0.3, 0.4) is 0 Å². The predicted octanol–water partition coefficient (Wildman–Crippen LogP) is 2.91. The zero-order valence-electron chi connectivity index (χ0n) is 25.4. The maximum Gasteiger partial charge on any atom is 0.488 e. The first-order chi connectivity index (χ1) is 22.1. The van der Waals surface area contributed by atoms with Crippen LogP contribution in [0.4, 0.5) is 11.4 Å². The SMILES string of the molecule is CCOc1cccc([C@H]2C3=CC[C@@H]4C(=O)N(c5cccc(B(O)O)c5)C(=O)[C@@H]4[C@@H]3C[C@H]3C(=O)N(c4ccccc4)C(=O)[C@@]23C)c1O. The topological polar surface area (TPSA) is 145 Å². The van der Waals surface area contributed by atoms with Gasteiger partial charge in [-0.1, -0.05) is 54.1 Å². The van der Waals surface area contributed by atoms with Crippen molar-refractivity contribution in [1.29, 1.82) is 0 Å². The molecule has 11 heteroatoms. The number of ether oxygens (including phenoxy) is 1. The molecule has 2 saturated heterocycles. The zero-order valence-corrected chi connectivity index (χ0v) is 25.4. The van der Waals surface area contributed by atoms with Crippen molar-refractivity contribution in [3.8, 4) is 11.5 Å². The van der Waals surface area contributed by atoms with Crippen LogP contribution in [0.5, 0.6) is 11.5 Å². The van der Waals surface area contributed by atoms with Gasteiger partial charge in [-0.15, -0.1) is 0 Å². The van der Waals surface area contributed by atoms with Crippen molar-refractivity contribution in [1.82, 2.24) is 0 Å². The average Bonchev–Trinajstić information content (AvgIpc) is 3.42. The summed E-state index contributed by atoms with van der Waals surface area (Å²) in [4.78, 5) is 59.2. The number of aromatic hydroxyl groups is 1. The van der Waals surface area contributed by atoms with Gasteiger partial charge in [-0.3, -0.25) is 24.1 Å². The van der Waals surface area contributed by atoms with E-state index in [2.05, 4.69) is 0 Å². The summed E-state index contributed by atoms with van der Waals surface area (Å²) in [7, 11) is -1.78. The molecule has 0 bridgehead atoms. The minimum absolute atomic E-state index is 0.133. The summed E-state index contributed by atoms with van der Waals surface area (Å²) in [5, 5.41) is 31.0. The molecule has 2 aliphatic carbocycles. The van der Waals surface area contributed by atoms with Gasteiger partial charge in [0.25, 0.3) is 0 Å². The summed E-state index contributed by atoms with van der Waals surface area (Å²) in [6.45, 7) is 3.87. The molecule has 0 spiro atoms. The van der Waals surface area contributed by atoms with E-state index in [-0.39, 0.29) is 41.4 Å². The van der Waals surface area contributed by atoms with Crippen molar-refractivity contribution in [2.75, 3.05) is 16.4 Å². The van der Waals surface area contributed by atoms with Crippen LogP contribution in [0, 0.1) is 29.1 Å². The second-order valence-corrected chi connectivity index (χ2v) is 12.6. The molecular weight excluding hydrogens is 587 g/mol. The molecule has 4 aliphatic rings. The number of rotatable bonds is 6. The van der Waals surface area contributed by atoms with Gasteiger partial charge >= 0.3 is 7.12 Å². The maximum absolute atomic E-state index is 14.5. The molecule has 3 N–H and O–H groups in total. The second kappa shape index (κ2) is 11.0. The number of para-hydroxylation sites is 2. The highest BCUT2D eigenvalue weighted by atomic mass is 16.5. The molecule has 3 aromatic carbocycles. The van der Waals surface area contributed by atoms with Crippen LogP contribution < -0.4 is 20.0 Å². The summed E-state index contributed by atoms with van der Waals surface area (Å²) in [5.41, 5.74) is 0.670. The molecule has 7 rings (SSSR count). The van der Waals surface area contributed by atoms with Crippen molar-refractivity contribution in [3.05, 3.63) is 90.0 Å². The van der Waals surface area contributed by atoms with E-state index in [9.17, 15) is 34.3 Å². The third kappa shape index (κ3) is 4.18. The molecule has 0 aromatic heterocycles. The van der Waals surface area contributed by atoms with E-state index in [0.29, 0.717) is 17.9 Å². The molecule has 0 unspecified atom stereocenters. The summed E-state index contributed by atoms with van der Waals surface area (Å²) in [5.74, 6) is -5.22. The van der Waals surface area contributed by atoms with Crippen molar-refractivity contribution in [3.63, 3.8) is 0 Å². The number of phenols is 1. The van der Waals surface area contributed by atoms with Crippen LogP contribution in [0.25, 0.3) is 0 Å².